The van der Waals surface area contributed by atoms with Crippen LogP contribution in [0.2, 0.25) is 0 Å². The summed E-state index contributed by atoms with van der Waals surface area (Å²) in [6, 6.07) is 10.1. The Bertz CT molecular complexity index is 910. The number of pyridine rings is 1. The standard InChI is InChI=1S/C19H19BrFN5/c1-19(2,3)26-18-24-16(12-5-4-8-22-11-12)10-17(25-18)23-15-7-6-13(21)9-14(15)20/h4-11H,1-3H3,(H2,23,24,25,26). The zero-order valence-electron chi connectivity index (χ0n) is 14.7. The molecule has 0 aliphatic carbocycles. The van der Waals surface area contributed by atoms with Gasteiger partial charge in [0.05, 0.1) is 11.4 Å². The Hall–Kier alpha value is -2.54. The Balaban J connectivity index is 2.01. The van der Waals surface area contributed by atoms with Crippen molar-refractivity contribution in [3.05, 3.63) is 59.1 Å². The molecule has 0 bridgehead atoms. The second-order valence-corrected chi connectivity index (χ2v) is 7.68. The van der Waals surface area contributed by atoms with Gasteiger partial charge in [-0.1, -0.05) is 0 Å². The molecule has 0 saturated carbocycles. The van der Waals surface area contributed by atoms with E-state index in [0.717, 1.165) is 11.3 Å². The normalized spacial score (nSPS) is 11.3. The topological polar surface area (TPSA) is 62.7 Å². The average Bonchev–Trinajstić information content (AvgIpc) is 2.56. The van der Waals surface area contributed by atoms with Crippen LogP contribution >= 0.6 is 15.9 Å². The number of hydrogen-bond donors (Lipinski definition) is 2. The van der Waals surface area contributed by atoms with E-state index >= 15 is 0 Å². The van der Waals surface area contributed by atoms with E-state index in [1.807, 2.05) is 39.0 Å². The molecule has 0 aliphatic rings. The molecule has 0 saturated heterocycles. The summed E-state index contributed by atoms with van der Waals surface area (Å²) in [5.74, 6) is 0.786. The Morgan fingerprint density at radius 3 is 2.54 bits per heavy atom. The van der Waals surface area contributed by atoms with Gasteiger partial charge in [0.2, 0.25) is 5.95 Å². The molecule has 3 aromatic rings. The molecule has 2 N–H and O–H groups in total. The molecule has 0 aliphatic heterocycles. The van der Waals surface area contributed by atoms with Crippen molar-refractivity contribution < 1.29 is 4.39 Å². The SMILES string of the molecule is CC(C)(C)Nc1nc(Nc2ccc(F)cc2Br)cc(-c2cccnc2)n1. The summed E-state index contributed by atoms with van der Waals surface area (Å²) in [6.07, 6.45) is 3.47. The second-order valence-electron chi connectivity index (χ2n) is 6.83. The van der Waals surface area contributed by atoms with Crippen molar-refractivity contribution in [1.29, 1.82) is 0 Å². The van der Waals surface area contributed by atoms with Crippen molar-refractivity contribution in [3.63, 3.8) is 0 Å². The Labute approximate surface area is 160 Å². The number of nitrogens with zero attached hydrogens (tertiary/aromatic N) is 3. The molecule has 2 aromatic heterocycles. The van der Waals surface area contributed by atoms with Crippen LogP contribution in [-0.4, -0.2) is 20.5 Å². The number of nitrogens with one attached hydrogen (secondary N) is 2. The molecule has 134 valence electrons. The molecule has 0 amide bonds. The molecule has 26 heavy (non-hydrogen) atoms. The Morgan fingerprint density at radius 2 is 1.88 bits per heavy atom. The van der Waals surface area contributed by atoms with Crippen LogP contribution in [0.3, 0.4) is 0 Å². The number of rotatable bonds is 4. The van der Waals surface area contributed by atoms with Crippen molar-refractivity contribution in [1.82, 2.24) is 15.0 Å². The fourth-order valence-electron chi connectivity index (χ4n) is 2.29. The molecule has 1 aromatic carbocycles. The van der Waals surface area contributed by atoms with E-state index < -0.39 is 0 Å². The van der Waals surface area contributed by atoms with Gasteiger partial charge in [-0.05, 0) is 67.0 Å². The summed E-state index contributed by atoms with van der Waals surface area (Å²) < 4.78 is 13.9. The first-order chi connectivity index (χ1) is 12.3. The highest BCUT2D eigenvalue weighted by Gasteiger charge is 2.14. The summed E-state index contributed by atoms with van der Waals surface area (Å²) in [4.78, 5) is 13.3. The third-order valence-corrected chi connectivity index (χ3v) is 4.02. The zero-order chi connectivity index (χ0) is 18.7. The fourth-order valence-corrected chi connectivity index (χ4v) is 2.74. The van der Waals surface area contributed by atoms with E-state index in [-0.39, 0.29) is 11.4 Å². The van der Waals surface area contributed by atoms with Gasteiger partial charge in [0.1, 0.15) is 11.6 Å². The minimum absolute atomic E-state index is 0.193. The molecule has 5 nitrogen and oxygen atoms in total. The van der Waals surface area contributed by atoms with Gasteiger partial charge in [0, 0.05) is 34.0 Å². The van der Waals surface area contributed by atoms with E-state index in [9.17, 15) is 4.39 Å². The van der Waals surface area contributed by atoms with Crippen molar-refractivity contribution in [2.24, 2.45) is 0 Å². The van der Waals surface area contributed by atoms with Gasteiger partial charge in [-0.2, -0.15) is 4.98 Å². The largest absolute Gasteiger partial charge is 0.350 e. The van der Waals surface area contributed by atoms with Crippen LogP contribution in [0, 0.1) is 5.82 Å². The van der Waals surface area contributed by atoms with Gasteiger partial charge >= 0.3 is 0 Å². The van der Waals surface area contributed by atoms with Gasteiger partial charge in [-0.15, -0.1) is 0 Å². The van der Waals surface area contributed by atoms with Crippen LogP contribution in [0.1, 0.15) is 20.8 Å². The van der Waals surface area contributed by atoms with Crippen molar-refractivity contribution >= 4 is 33.4 Å². The van der Waals surface area contributed by atoms with Crippen LogP contribution in [0.5, 0.6) is 0 Å². The summed E-state index contributed by atoms with van der Waals surface area (Å²) in [5, 5.41) is 6.50. The van der Waals surface area contributed by atoms with Gasteiger partial charge in [-0.25, -0.2) is 9.37 Å². The first-order valence-electron chi connectivity index (χ1n) is 8.10. The minimum atomic E-state index is -0.309. The van der Waals surface area contributed by atoms with E-state index in [1.165, 1.54) is 12.1 Å². The average molecular weight is 416 g/mol. The maximum absolute atomic E-state index is 13.3. The molecular weight excluding hydrogens is 397 g/mol. The number of benzene rings is 1. The molecule has 0 radical (unpaired) electrons. The number of anilines is 3. The van der Waals surface area contributed by atoms with Crippen molar-refractivity contribution in [2.75, 3.05) is 10.6 Å². The lowest BCUT2D eigenvalue weighted by atomic mass is 10.1. The molecule has 0 atom stereocenters. The molecule has 7 heteroatoms. The van der Waals surface area contributed by atoms with E-state index in [4.69, 9.17) is 0 Å². The maximum Gasteiger partial charge on any atom is 0.225 e. The molecule has 2 heterocycles. The highest BCUT2D eigenvalue weighted by atomic mass is 79.9. The Morgan fingerprint density at radius 1 is 1.08 bits per heavy atom. The number of hydrogen-bond acceptors (Lipinski definition) is 5. The van der Waals surface area contributed by atoms with Crippen molar-refractivity contribution in [3.8, 4) is 11.3 Å². The lowest BCUT2D eigenvalue weighted by molar-refractivity contribution is 0.626. The first-order valence-corrected chi connectivity index (χ1v) is 8.89. The fraction of sp³-hybridized carbons (Fsp3) is 0.211. The summed E-state index contributed by atoms with van der Waals surface area (Å²) in [5.41, 5.74) is 2.14. The van der Waals surface area contributed by atoms with E-state index in [0.29, 0.717) is 21.9 Å². The Kier molecular flexibility index (Phi) is 5.18. The lowest BCUT2D eigenvalue weighted by Crippen LogP contribution is -2.27. The highest BCUT2D eigenvalue weighted by molar-refractivity contribution is 9.10. The minimum Gasteiger partial charge on any atom is -0.350 e. The third kappa shape index (κ3) is 4.76. The van der Waals surface area contributed by atoms with Crippen LogP contribution in [0.15, 0.2) is 53.3 Å². The molecule has 0 fully saturated rings. The second kappa shape index (κ2) is 7.37. The van der Waals surface area contributed by atoms with Gasteiger partial charge < -0.3 is 10.6 Å². The molecule has 0 spiro atoms. The monoisotopic (exact) mass is 415 g/mol. The maximum atomic E-state index is 13.3. The van der Waals surface area contributed by atoms with Gasteiger partial charge in [-0.3, -0.25) is 4.98 Å². The summed E-state index contributed by atoms with van der Waals surface area (Å²) in [6.45, 7) is 6.12. The smallest absolute Gasteiger partial charge is 0.225 e. The lowest BCUT2D eigenvalue weighted by Gasteiger charge is -2.21. The van der Waals surface area contributed by atoms with Crippen LogP contribution in [0.4, 0.5) is 21.8 Å². The predicted molar refractivity (Wildman–Crippen MR) is 106 cm³/mol. The number of aromatic nitrogens is 3. The van der Waals surface area contributed by atoms with Crippen LogP contribution < -0.4 is 10.6 Å². The highest BCUT2D eigenvalue weighted by Crippen LogP contribution is 2.28. The quantitative estimate of drug-likeness (QED) is 0.597. The molecule has 3 rings (SSSR count). The molecule has 0 unspecified atom stereocenters. The van der Waals surface area contributed by atoms with Crippen LogP contribution in [-0.2, 0) is 0 Å². The summed E-state index contributed by atoms with van der Waals surface area (Å²) in [7, 11) is 0. The third-order valence-electron chi connectivity index (χ3n) is 3.36. The molecular formula is C19H19BrFN5. The number of halogens is 2. The van der Waals surface area contributed by atoms with E-state index in [2.05, 4.69) is 41.5 Å². The van der Waals surface area contributed by atoms with Crippen molar-refractivity contribution in [2.45, 2.75) is 26.3 Å². The first kappa shape index (κ1) is 18.3. The van der Waals surface area contributed by atoms with Gasteiger partial charge in [0.15, 0.2) is 0 Å². The summed E-state index contributed by atoms with van der Waals surface area (Å²) >= 11 is 3.36. The van der Waals surface area contributed by atoms with Gasteiger partial charge in [0.25, 0.3) is 0 Å². The zero-order valence-corrected chi connectivity index (χ0v) is 16.3. The predicted octanol–water partition coefficient (Wildman–Crippen LogP) is 5.39. The van der Waals surface area contributed by atoms with E-state index in [1.54, 1.807) is 18.5 Å². The van der Waals surface area contributed by atoms with Crippen LogP contribution in [0.25, 0.3) is 11.3 Å².